The molecule has 174 valence electrons. The van der Waals surface area contributed by atoms with Gasteiger partial charge in [-0.1, -0.05) is 0 Å². The third-order valence-corrected chi connectivity index (χ3v) is 4.83. The maximum atomic E-state index is 14.7. The van der Waals surface area contributed by atoms with Crippen LogP contribution in [0.25, 0.3) is 5.69 Å². The molecular weight excluding hydrogens is 458 g/mol. The van der Waals surface area contributed by atoms with E-state index in [4.69, 9.17) is 4.74 Å². The molecule has 0 fully saturated rings. The van der Waals surface area contributed by atoms with Crippen LogP contribution in [0.4, 0.5) is 20.3 Å². The first-order chi connectivity index (χ1) is 16.9. The predicted octanol–water partition coefficient (Wildman–Crippen LogP) is 3.86. The van der Waals surface area contributed by atoms with Crippen molar-refractivity contribution in [1.82, 2.24) is 14.8 Å². The summed E-state index contributed by atoms with van der Waals surface area (Å²) in [6.45, 7) is 0. The Balaban J connectivity index is 1.56. The number of pyridine rings is 1. The molecule has 0 aliphatic rings. The molecule has 4 aromatic rings. The van der Waals surface area contributed by atoms with Gasteiger partial charge in [-0.25, -0.2) is 13.8 Å². The van der Waals surface area contributed by atoms with E-state index < -0.39 is 23.1 Å². The quantitative estimate of drug-likeness (QED) is 0.435. The summed E-state index contributed by atoms with van der Waals surface area (Å²) in [7, 11) is 1.59. The van der Waals surface area contributed by atoms with Gasteiger partial charge in [0.1, 0.15) is 28.8 Å². The average Bonchev–Trinajstić information content (AvgIpc) is 2.86. The molecule has 35 heavy (non-hydrogen) atoms. The van der Waals surface area contributed by atoms with Crippen molar-refractivity contribution in [3.8, 4) is 23.3 Å². The lowest BCUT2D eigenvalue weighted by molar-refractivity contribution is 0.102. The first-order valence-electron chi connectivity index (χ1n) is 10.1. The first-order valence-corrected chi connectivity index (χ1v) is 10.1. The Kier molecular flexibility index (Phi) is 6.46. The third-order valence-electron chi connectivity index (χ3n) is 4.83. The van der Waals surface area contributed by atoms with Crippen molar-refractivity contribution in [2.45, 2.75) is 0 Å². The topological polar surface area (TPSA) is 122 Å². The van der Waals surface area contributed by atoms with Crippen LogP contribution >= 0.6 is 0 Å². The summed E-state index contributed by atoms with van der Waals surface area (Å²) in [6.07, 6.45) is 2.65. The summed E-state index contributed by atoms with van der Waals surface area (Å²) < 4.78 is 34.4. The Morgan fingerprint density at radius 1 is 1.06 bits per heavy atom. The van der Waals surface area contributed by atoms with Crippen molar-refractivity contribution >= 4 is 17.4 Å². The number of benzene rings is 2. The zero-order valence-corrected chi connectivity index (χ0v) is 18.1. The van der Waals surface area contributed by atoms with Crippen LogP contribution in [-0.4, -0.2) is 27.7 Å². The summed E-state index contributed by atoms with van der Waals surface area (Å²) in [5.41, 5.74) is -0.551. The van der Waals surface area contributed by atoms with Gasteiger partial charge in [0.15, 0.2) is 17.3 Å². The fraction of sp³-hybridized carbons (Fsp3) is 0.0417. The second-order valence-corrected chi connectivity index (χ2v) is 7.03. The van der Waals surface area contributed by atoms with E-state index in [9.17, 15) is 23.6 Å². The lowest BCUT2D eigenvalue weighted by Gasteiger charge is -2.12. The lowest BCUT2D eigenvalue weighted by Crippen LogP contribution is -2.29. The van der Waals surface area contributed by atoms with Crippen molar-refractivity contribution in [3.05, 3.63) is 100 Å². The van der Waals surface area contributed by atoms with Gasteiger partial charge in [-0.3, -0.25) is 9.59 Å². The van der Waals surface area contributed by atoms with Crippen molar-refractivity contribution in [2.24, 2.45) is 0 Å². The number of hydrogen-bond donors (Lipinski definition) is 2. The lowest BCUT2D eigenvalue weighted by atomic mass is 10.2. The van der Waals surface area contributed by atoms with Crippen molar-refractivity contribution in [3.63, 3.8) is 0 Å². The summed E-state index contributed by atoms with van der Waals surface area (Å²) in [4.78, 5) is 29.4. The van der Waals surface area contributed by atoms with Crippen molar-refractivity contribution < 1.29 is 18.3 Å². The van der Waals surface area contributed by atoms with E-state index in [0.717, 1.165) is 22.9 Å². The second-order valence-electron chi connectivity index (χ2n) is 7.03. The van der Waals surface area contributed by atoms with Gasteiger partial charge in [0.05, 0.1) is 5.69 Å². The number of amides is 1. The van der Waals surface area contributed by atoms with Crippen LogP contribution < -0.4 is 20.9 Å². The minimum absolute atomic E-state index is 0.0653. The molecular formula is C24H16F2N6O3. The van der Waals surface area contributed by atoms with Crippen LogP contribution in [0.1, 0.15) is 15.9 Å². The Labute approximate surface area is 197 Å². The van der Waals surface area contributed by atoms with Gasteiger partial charge in [-0.05, 0) is 42.5 Å². The number of carbonyl (C=O) groups is 1. The summed E-state index contributed by atoms with van der Waals surface area (Å²) >= 11 is 0. The molecule has 9 nitrogen and oxygen atoms in total. The molecule has 0 bridgehead atoms. The summed E-state index contributed by atoms with van der Waals surface area (Å²) in [5, 5.41) is 18.5. The molecule has 0 saturated heterocycles. The minimum Gasteiger partial charge on any atom is -0.453 e. The largest absolute Gasteiger partial charge is 0.453 e. The number of ether oxygens (including phenoxy) is 1. The van der Waals surface area contributed by atoms with Gasteiger partial charge in [0, 0.05) is 37.3 Å². The van der Waals surface area contributed by atoms with Crippen LogP contribution in [0, 0.1) is 23.0 Å². The molecule has 2 N–H and O–H groups in total. The molecule has 4 rings (SSSR count). The number of aromatic nitrogens is 3. The number of halogens is 2. The smallest absolute Gasteiger partial charge is 0.284 e. The standard InChI is InChI=1S/C24H16F2N6O3/c1-28-22-18(13-27)20(9-10-29-22)35-21-7-4-15(12-19(21)26)31-23(33)17-8-11-30-32(24(17)34)16-5-2-14(25)3-6-16/h2-12H,1H3,(H,28,29)(H,31,33). The Bertz CT molecular complexity index is 1510. The van der Waals surface area contributed by atoms with Crippen molar-refractivity contribution in [2.75, 3.05) is 17.7 Å². The molecule has 0 aliphatic heterocycles. The maximum Gasteiger partial charge on any atom is 0.284 e. The minimum atomic E-state index is -0.812. The van der Waals surface area contributed by atoms with Gasteiger partial charge >= 0.3 is 0 Å². The highest BCUT2D eigenvalue weighted by atomic mass is 19.1. The average molecular weight is 474 g/mol. The zero-order valence-electron chi connectivity index (χ0n) is 18.1. The fourth-order valence-corrected chi connectivity index (χ4v) is 3.16. The van der Waals surface area contributed by atoms with E-state index in [1.165, 1.54) is 48.8 Å². The van der Waals surface area contributed by atoms with Gasteiger partial charge < -0.3 is 15.4 Å². The van der Waals surface area contributed by atoms with Gasteiger partial charge in [0.25, 0.3) is 11.5 Å². The zero-order chi connectivity index (χ0) is 24.9. The predicted molar refractivity (Wildman–Crippen MR) is 123 cm³/mol. The SMILES string of the molecule is CNc1nccc(Oc2ccc(NC(=O)c3ccnn(-c4ccc(F)cc4)c3=O)cc2F)c1C#N. The second kappa shape index (κ2) is 9.80. The molecule has 1 amide bonds. The van der Waals surface area contributed by atoms with Crippen molar-refractivity contribution in [1.29, 1.82) is 5.26 Å². The molecule has 0 aliphatic carbocycles. The highest BCUT2D eigenvalue weighted by molar-refractivity contribution is 6.04. The van der Waals surface area contributed by atoms with E-state index in [-0.39, 0.29) is 39.8 Å². The highest BCUT2D eigenvalue weighted by Gasteiger charge is 2.17. The number of carbonyl (C=O) groups excluding carboxylic acids is 1. The third kappa shape index (κ3) is 4.81. The number of anilines is 2. The first kappa shape index (κ1) is 23.1. The Morgan fingerprint density at radius 2 is 1.83 bits per heavy atom. The van der Waals surface area contributed by atoms with Crippen LogP contribution in [0.3, 0.4) is 0 Å². The number of nitrogens with one attached hydrogen (secondary N) is 2. The van der Waals surface area contributed by atoms with Gasteiger partial charge in [-0.2, -0.15) is 15.0 Å². The van der Waals surface area contributed by atoms with Crippen LogP contribution in [0.5, 0.6) is 11.5 Å². The highest BCUT2D eigenvalue weighted by Crippen LogP contribution is 2.31. The fourth-order valence-electron chi connectivity index (χ4n) is 3.16. The number of rotatable bonds is 6. The van der Waals surface area contributed by atoms with Gasteiger partial charge in [0.2, 0.25) is 0 Å². The number of nitrogens with zero attached hydrogens (tertiary/aromatic N) is 4. The molecule has 2 heterocycles. The van der Waals surface area contributed by atoms with E-state index in [1.54, 1.807) is 7.05 Å². The van der Waals surface area contributed by atoms with Gasteiger partial charge in [-0.15, -0.1) is 0 Å². The molecule has 0 unspecified atom stereocenters. The van der Waals surface area contributed by atoms with E-state index >= 15 is 0 Å². The monoisotopic (exact) mass is 474 g/mol. The van der Waals surface area contributed by atoms with E-state index in [2.05, 4.69) is 20.7 Å². The Morgan fingerprint density at radius 3 is 2.51 bits per heavy atom. The van der Waals surface area contributed by atoms with E-state index in [1.807, 2.05) is 6.07 Å². The summed E-state index contributed by atoms with van der Waals surface area (Å²) in [6, 6.07) is 13.3. The van der Waals surface area contributed by atoms with Crippen LogP contribution in [0.2, 0.25) is 0 Å². The summed E-state index contributed by atoms with van der Waals surface area (Å²) in [5.74, 6) is -1.90. The number of nitriles is 1. The molecule has 0 spiro atoms. The van der Waals surface area contributed by atoms with E-state index in [0.29, 0.717) is 0 Å². The molecule has 2 aromatic heterocycles. The molecule has 2 aromatic carbocycles. The van der Waals surface area contributed by atoms with Crippen LogP contribution in [-0.2, 0) is 0 Å². The normalized spacial score (nSPS) is 10.3. The molecule has 0 saturated carbocycles. The maximum absolute atomic E-state index is 14.7. The van der Waals surface area contributed by atoms with Crippen LogP contribution in [0.15, 0.2) is 71.8 Å². The molecule has 11 heteroatoms. The number of hydrogen-bond acceptors (Lipinski definition) is 7. The Hall–Kier alpha value is -5.11. The molecule has 0 atom stereocenters. The molecule has 0 radical (unpaired) electrons.